The fraction of sp³-hybridized carbons (Fsp3) is 0.308. The molecular formula is C26H27FN6O. The number of carbonyl (C=O) groups is 1. The topological polar surface area (TPSA) is 75.9 Å². The van der Waals surface area contributed by atoms with E-state index in [1.807, 2.05) is 6.20 Å². The number of anilines is 1. The van der Waals surface area contributed by atoms with Gasteiger partial charge in [0.15, 0.2) is 5.65 Å². The largest absolute Gasteiger partial charge is 0.355 e. The van der Waals surface area contributed by atoms with E-state index in [1.165, 1.54) is 24.0 Å². The van der Waals surface area contributed by atoms with Crippen LogP contribution in [0.2, 0.25) is 0 Å². The summed E-state index contributed by atoms with van der Waals surface area (Å²) in [5.41, 5.74) is 3.70. The summed E-state index contributed by atoms with van der Waals surface area (Å²) >= 11 is 0. The molecule has 0 radical (unpaired) electrons. The van der Waals surface area contributed by atoms with Crippen LogP contribution in [-0.2, 0) is 17.8 Å². The molecule has 0 bridgehead atoms. The normalized spacial score (nSPS) is 16.1. The number of nitrogens with one attached hydrogen (secondary N) is 1. The Kier molecular flexibility index (Phi) is 6.20. The maximum atomic E-state index is 13.3. The Labute approximate surface area is 197 Å². The molecule has 3 heterocycles. The van der Waals surface area contributed by atoms with E-state index in [9.17, 15) is 9.18 Å². The Morgan fingerprint density at radius 2 is 1.85 bits per heavy atom. The summed E-state index contributed by atoms with van der Waals surface area (Å²) in [7, 11) is 0. The number of halogens is 1. The van der Waals surface area contributed by atoms with Crippen molar-refractivity contribution in [3.8, 4) is 5.69 Å². The highest BCUT2D eigenvalue weighted by Gasteiger charge is 2.28. The SMILES string of the molecule is CCc1ccc(CNC(=O)C2CCCN(c3ncnc4nn(-c5ccc(F)cc5)cc34)C2)cc1. The van der Waals surface area contributed by atoms with Crippen molar-refractivity contribution in [3.63, 3.8) is 0 Å². The van der Waals surface area contributed by atoms with Crippen molar-refractivity contribution in [2.45, 2.75) is 32.7 Å². The number of rotatable bonds is 6. The van der Waals surface area contributed by atoms with Gasteiger partial charge < -0.3 is 10.2 Å². The molecule has 4 aromatic rings. The Morgan fingerprint density at radius 1 is 1.09 bits per heavy atom. The maximum absolute atomic E-state index is 13.3. The van der Waals surface area contributed by atoms with Gasteiger partial charge >= 0.3 is 0 Å². The Morgan fingerprint density at radius 3 is 2.62 bits per heavy atom. The van der Waals surface area contributed by atoms with Crippen molar-refractivity contribution in [2.24, 2.45) is 5.92 Å². The van der Waals surface area contributed by atoms with Crippen LogP contribution in [0.15, 0.2) is 61.1 Å². The van der Waals surface area contributed by atoms with Crippen LogP contribution in [0.1, 0.15) is 30.9 Å². The molecule has 0 saturated carbocycles. The van der Waals surface area contributed by atoms with Gasteiger partial charge in [-0.05, 0) is 54.7 Å². The van der Waals surface area contributed by atoms with E-state index >= 15 is 0 Å². The summed E-state index contributed by atoms with van der Waals surface area (Å²) in [6, 6.07) is 14.5. The first-order valence-electron chi connectivity index (χ1n) is 11.7. The van der Waals surface area contributed by atoms with Crippen LogP contribution in [0.5, 0.6) is 0 Å². The summed E-state index contributed by atoms with van der Waals surface area (Å²) in [4.78, 5) is 23.9. The van der Waals surface area contributed by atoms with Gasteiger partial charge in [0.05, 0.1) is 17.0 Å². The quantitative estimate of drug-likeness (QED) is 0.472. The second kappa shape index (κ2) is 9.59. The third-order valence-corrected chi connectivity index (χ3v) is 6.38. The van der Waals surface area contributed by atoms with Gasteiger partial charge in [-0.2, -0.15) is 0 Å². The zero-order valence-electron chi connectivity index (χ0n) is 19.1. The molecule has 1 aliphatic rings. The van der Waals surface area contributed by atoms with Crippen LogP contribution in [0, 0.1) is 11.7 Å². The first-order valence-corrected chi connectivity index (χ1v) is 11.7. The monoisotopic (exact) mass is 458 g/mol. The lowest BCUT2D eigenvalue weighted by molar-refractivity contribution is -0.125. The molecule has 2 aromatic heterocycles. The first kappa shape index (κ1) is 22.0. The van der Waals surface area contributed by atoms with Gasteiger partial charge in [-0.25, -0.2) is 19.0 Å². The lowest BCUT2D eigenvalue weighted by atomic mass is 9.97. The lowest BCUT2D eigenvalue weighted by Crippen LogP contribution is -2.43. The smallest absolute Gasteiger partial charge is 0.225 e. The summed E-state index contributed by atoms with van der Waals surface area (Å²) < 4.78 is 15.0. The minimum atomic E-state index is -0.295. The summed E-state index contributed by atoms with van der Waals surface area (Å²) in [6.45, 7) is 4.07. The van der Waals surface area contributed by atoms with Crippen molar-refractivity contribution in [3.05, 3.63) is 78.0 Å². The molecule has 5 rings (SSSR count). The van der Waals surface area contributed by atoms with E-state index in [-0.39, 0.29) is 17.6 Å². The molecule has 174 valence electrons. The third-order valence-electron chi connectivity index (χ3n) is 6.38. The Bertz CT molecular complexity index is 1290. The molecule has 1 aliphatic heterocycles. The molecule has 0 spiro atoms. The van der Waals surface area contributed by atoms with E-state index in [2.05, 4.69) is 56.5 Å². The Hall–Kier alpha value is -3.81. The minimum Gasteiger partial charge on any atom is -0.355 e. The molecule has 1 unspecified atom stereocenters. The molecule has 7 nitrogen and oxygen atoms in total. The van der Waals surface area contributed by atoms with E-state index in [0.29, 0.717) is 18.7 Å². The van der Waals surface area contributed by atoms with E-state index < -0.39 is 0 Å². The van der Waals surface area contributed by atoms with E-state index in [1.54, 1.807) is 16.8 Å². The zero-order chi connectivity index (χ0) is 23.5. The maximum Gasteiger partial charge on any atom is 0.225 e. The summed E-state index contributed by atoms with van der Waals surface area (Å²) in [5, 5.41) is 8.44. The molecule has 1 saturated heterocycles. The summed E-state index contributed by atoms with van der Waals surface area (Å²) in [5.74, 6) is 0.431. The molecule has 0 aliphatic carbocycles. The molecule has 1 N–H and O–H groups in total. The molecule has 34 heavy (non-hydrogen) atoms. The van der Waals surface area contributed by atoms with Crippen molar-refractivity contribution in [2.75, 3.05) is 18.0 Å². The van der Waals surface area contributed by atoms with Gasteiger partial charge in [0.1, 0.15) is 18.0 Å². The van der Waals surface area contributed by atoms with Crippen LogP contribution in [0.25, 0.3) is 16.7 Å². The number of hydrogen-bond acceptors (Lipinski definition) is 5. The van der Waals surface area contributed by atoms with Gasteiger partial charge in [-0.3, -0.25) is 4.79 Å². The van der Waals surface area contributed by atoms with Crippen molar-refractivity contribution in [1.29, 1.82) is 0 Å². The predicted octanol–water partition coefficient (Wildman–Crippen LogP) is 4.05. The fourth-order valence-electron chi connectivity index (χ4n) is 4.41. The van der Waals surface area contributed by atoms with Crippen LogP contribution in [0.4, 0.5) is 10.2 Å². The number of fused-ring (bicyclic) bond motifs is 1. The number of nitrogens with zero attached hydrogens (tertiary/aromatic N) is 5. The van der Waals surface area contributed by atoms with Crippen LogP contribution >= 0.6 is 0 Å². The van der Waals surface area contributed by atoms with Gasteiger partial charge in [-0.15, -0.1) is 5.10 Å². The second-order valence-corrected chi connectivity index (χ2v) is 8.66. The molecule has 1 fully saturated rings. The van der Waals surface area contributed by atoms with Crippen LogP contribution < -0.4 is 10.2 Å². The number of aryl methyl sites for hydroxylation is 1. The van der Waals surface area contributed by atoms with Crippen LogP contribution in [0.3, 0.4) is 0 Å². The first-order chi connectivity index (χ1) is 16.6. The van der Waals surface area contributed by atoms with Gasteiger partial charge in [-0.1, -0.05) is 31.2 Å². The second-order valence-electron chi connectivity index (χ2n) is 8.66. The average Bonchev–Trinajstić information content (AvgIpc) is 3.32. The number of piperidine rings is 1. The fourth-order valence-corrected chi connectivity index (χ4v) is 4.41. The minimum absolute atomic E-state index is 0.0663. The number of aromatic nitrogens is 4. The molecule has 8 heteroatoms. The molecule has 1 amide bonds. The van der Waals surface area contributed by atoms with Crippen molar-refractivity contribution in [1.82, 2.24) is 25.1 Å². The Balaban J connectivity index is 1.30. The van der Waals surface area contributed by atoms with Gasteiger partial charge in [0.25, 0.3) is 0 Å². The predicted molar refractivity (Wildman–Crippen MR) is 129 cm³/mol. The number of hydrogen-bond donors (Lipinski definition) is 1. The number of amides is 1. The highest BCUT2D eigenvalue weighted by atomic mass is 19.1. The van der Waals surface area contributed by atoms with Crippen molar-refractivity contribution >= 4 is 22.8 Å². The van der Waals surface area contributed by atoms with Crippen LogP contribution in [-0.4, -0.2) is 38.7 Å². The lowest BCUT2D eigenvalue weighted by Gasteiger charge is -2.33. The highest BCUT2D eigenvalue weighted by Crippen LogP contribution is 2.28. The molecular weight excluding hydrogens is 431 g/mol. The zero-order valence-corrected chi connectivity index (χ0v) is 19.1. The van der Waals surface area contributed by atoms with E-state index in [0.717, 1.165) is 48.3 Å². The summed E-state index contributed by atoms with van der Waals surface area (Å²) in [6.07, 6.45) is 6.12. The number of benzene rings is 2. The van der Waals surface area contributed by atoms with Gasteiger partial charge in [0.2, 0.25) is 5.91 Å². The molecule has 1 atom stereocenters. The standard InChI is InChI=1S/C26H27FN6O/c1-2-18-5-7-19(8-6-18)14-28-26(34)20-4-3-13-32(15-20)25-23-16-33(31-24(23)29-17-30-25)22-11-9-21(27)10-12-22/h5-12,16-17,20H,2-4,13-15H2,1H3,(H,28,34). The number of carbonyl (C=O) groups excluding carboxylic acids is 1. The third kappa shape index (κ3) is 4.62. The molecule has 2 aromatic carbocycles. The average molecular weight is 459 g/mol. The van der Waals surface area contributed by atoms with E-state index in [4.69, 9.17) is 0 Å². The highest BCUT2D eigenvalue weighted by molar-refractivity contribution is 5.87. The van der Waals surface area contributed by atoms with Crippen molar-refractivity contribution < 1.29 is 9.18 Å². The van der Waals surface area contributed by atoms with Gasteiger partial charge in [0, 0.05) is 25.8 Å².